The van der Waals surface area contributed by atoms with E-state index in [1.165, 1.54) is 11.3 Å². The second-order valence-corrected chi connectivity index (χ2v) is 12.4. The Morgan fingerprint density at radius 1 is 1.24 bits per heavy atom. The summed E-state index contributed by atoms with van der Waals surface area (Å²) in [5, 5.41) is 24.8. The number of thiazole rings is 1. The molecule has 0 radical (unpaired) electrons. The zero-order chi connectivity index (χ0) is 24.8. The molecule has 33 heavy (non-hydrogen) atoms. The molecule has 5 atom stereocenters. The summed E-state index contributed by atoms with van der Waals surface area (Å²) in [4.78, 5) is 33.6. The van der Waals surface area contributed by atoms with Gasteiger partial charge in [-0.15, -0.1) is 11.3 Å². The summed E-state index contributed by atoms with van der Waals surface area (Å²) in [7, 11) is 0. The normalized spacial score (nSPS) is 31.5. The minimum atomic E-state index is -0.653. The summed E-state index contributed by atoms with van der Waals surface area (Å²) in [6, 6.07) is 0. The summed E-state index contributed by atoms with van der Waals surface area (Å²) in [5.74, 6) is -0.117. The first-order chi connectivity index (χ1) is 15.3. The highest BCUT2D eigenvalue weighted by molar-refractivity contribution is 7.15. The highest BCUT2D eigenvalue weighted by atomic mass is 32.1. The smallest absolute Gasteiger partial charge is 0.231 e. The Morgan fingerprint density at radius 3 is 2.42 bits per heavy atom. The lowest BCUT2D eigenvalue weighted by atomic mass is 9.47. The van der Waals surface area contributed by atoms with Crippen molar-refractivity contribution in [3.63, 3.8) is 0 Å². The van der Waals surface area contributed by atoms with E-state index in [-0.39, 0.29) is 35.7 Å². The topological polar surface area (TPSA) is 103 Å². The molecule has 1 aromatic rings. The van der Waals surface area contributed by atoms with Gasteiger partial charge in [0.15, 0.2) is 5.13 Å². The summed E-state index contributed by atoms with van der Waals surface area (Å²) in [6.07, 6.45) is 1.79. The van der Waals surface area contributed by atoms with Crippen LogP contribution in [0.2, 0.25) is 0 Å². The van der Waals surface area contributed by atoms with Crippen molar-refractivity contribution in [2.45, 2.75) is 86.2 Å². The maximum atomic E-state index is 13.2. The van der Waals surface area contributed by atoms with Gasteiger partial charge in [0.25, 0.3) is 0 Å². The van der Waals surface area contributed by atoms with E-state index < -0.39 is 16.9 Å². The number of hydrogen-bond donors (Lipinski definition) is 3. The maximum absolute atomic E-state index is 13.2. The molecule has 2 aliphatic rings. The van der Waals surface area contributed by atoms with Gasteiger partial charge in [-0.05, 0) is 44.4 Å². The second-order valence-electron chi connectivity index (χ2n) is 11.3. The molecule has 1 fully saturated rings. The number of hydrogen-bond acceptors (Lipinski definition) is 6. The summed E-state index contributed by atoms with van der Waals surface area (Å²) in [5.41, 5.74) is -0.574. The molecule has 1 aromatic heterocycles. The minimum Gasteiger partial charge on any atom is -0.396 e. The first-order valence-electron chi connectivity index (χ1n) is 12.2. The quantitative estimate of drug-likeness (QED) is 0.576. The number of amides is 2. The van der Waals surface area contributed by atoms with Gasteiger partial charge < -0.3 is 20.4 Å². The molecule has 5 unspecified atom stereocenters. The molecule has 2 amide bonds. The molecule has 0 aromatic carbocycles. The van der Waals surface area contributed by atoms with Crippen LogP contribution in [0, 0.1) is 22.2 Å². The van der Waals surface area contributed by atoms with Crippen LogP contribution in [0.15, 0.2) is 0 Å². The van der Waals surface area contributed by atoms with E-state index in [4.69, 9.17) is 4.98 Å². The average molecular weight is 480 g/mol. The molecule has 186 valence electrons. The Hall–Kier alpha value is -1.51. The molecule has 1 heterocycles. The Labute approximate surface area is 202 Å². The number of aliphatic hydroxyl groups is 2. The van der Waals surface area contributed by atoms with Crippen LogP contribution in [0.25, 0.3) is 0 Å². The largest absolute Gasteiger partial charge is 0.396 e. The molecule has 0 saturated heterocycles. The van der Waals surface area contributed by atoms with Crippen LogP contribution in [-0.4, -0.2) is 57.7 Å². The van der Waals surface area contributed by atoms with Crippen LogP contribution in [0.3, 0.4) is 0 Å². The fourth-order valence-corrected chi connectivity index (χ4v) is 6.93. The highest BCUT2D eigenvalue weighted by Gasteiger charge is 2.59. The maximum Gasteiger partial charge on any atom is 0.231 e. The number of carbonyl (C=O) groups is 2. The van der Waals surface area contributed by atoms with E-state index in [9.17, 15) is 19.8 Å². The van der Waals surface area contributed by atoms with Crippen molar-refractivity contribution >= 4 is 28.3 Å². The standard InChI is InChI=1S/C25H41N3O4S/c1-8-28(9-2)19(31)12-15-20-16(33-22(26-20)27-21(32)23(3,4)5)13-17-24(15,6)11-10-18(30)25(17,7)14-29/h15,17-18,29-30H,8-14H2,1-7H3,(H,26,27,32). The second kappa shape index (κ2) is 9.27. The van der Waals surface area contributed by atoms with E-state index in [2.05, 4.69) is 12.2 Å². The van der Waals surface area contributed by atoms with Gasteiger partial charge in [0.2, 0.25) is 11.8 Å². The van der Waals surface area contributed by atoms with Crippen LogP contribution in [0.1, 0.15) is 84.2 Å². The van der Waals surface area contributed by atoms with E-state index in [1.54, 1.807) is 0 Å². The molecule has 0 bridgehead atoms. The Balaban J connectivity index is 2.07. The highest BCUT2D eigenvalue weighted by Crippen LogP contribution is 2.62. The van der Waals surface area contributed by atoms with Crippen molar-refractivity contribution in [1.29, 1.82) is 0 Å². The molecule has 2 aliphatic carbocycles. The van der Waals surface area contributed by atoms with E-state index in [0.29, 0.717) is 37.5 Å². The molecule has 3 rings (SSSR count). The number of aromatic nitrogens is 1. The fraction of sp³-hybridized carbons (Fsp3) is 0.800. The number of nitrogens with zero attached hydrogens (tertiary/aromatic N) is 2. The monoisotopic (exact) mass is 479 g/mol. The lowest BCUT2D eigenvalue weighted by molar-refractivity contribution is -0.147. The Bertz CT molecular complexity index is 891. The van der Waals surface area contributed by atoms with Gasteiger partial charge in [0.1, 0.15) is 0 Å². The van der Waals surface area contributed by atoms with Crippen molar-refractivity contribution in [2.75, 3.05) is 25.0 Å². The summed E-state index contributed by atoms with van der Waals surface area (Å²) in [6.45, 7) is 15.0. The average Bonchev–Trinajstić information content (AvgIpc) is 3.14. The number of nitrogens with one attached hydrogen (secondary N) is 1. The van der Waals surface area contributed by atoms with Gasteiger partial charge >= 0.3 is 0 Å². The molecular formula is C25H41N3O4S. The van der Waals surface area contributed by atoms with E-state index >= 15 is 0 Å². The third-order valence-electron chi connectivity index (χ3n) is 8.29. The number of aliphatic hydroxyl groups excluding tert-OH is 2. The van der Waals surface area contributed by atoms with Crippen LogP contribution in [0.5, 0.6) is 0 Å². The van der Waals surface area contributed by atoms with Gasteiger partial charge in [-0.3, -0.25) is 9.59 Å². The van der Waals surface area contributed by atoms with Crippen LogP contribution in [-0.2, 0) is 16.0 Å². The minimum absolute atomic E-state index is 0.00682. The number of anilines is 1. The Morgan fingerprint density at radius 2 is 1.88 bits per heavy atom. The number of rotatable bonds is 6. The van der Waals surface area contributed by atoms with Gasteiger partial charge in [0, 0.05) is 41.1 Å². The molecular weight excluding hydrogens is 438 g/mol. The van der Waals surface area contributed by atoms with Crippen molar-refractivity contribution < 1.29 is 19.8 Å². The first kappa shape index (κ1) is 26.1. The Kier molecular flexibility index (Phi) is 7.33. The summed E-state index contributed by atoms with van der Waals surface area (Å²) < 4.78 is 0. The summed E-state index contributed by atoms with van der Waals surface area (Å²) >= 11 is 1.47. The van der Waals surface area contributed by atoms with Crippen LogP contribution >= 0.6 is 11.3 Å². The van der Waals surface area contributed by atoms with Crippen molar-refractivity contribution in [3.8, 4) is 0 Å². The van der Waals surface area contributed by atoms with Crippen molar-refractivity contribution in [2.24, 2.45) is 22.2 Å². The molecule has 0 spiro atoms. The van der Waals surface area contributed by atoms with E-state index in [0.717, 1.165) is 17.0 Å². The van der Waals surface area contributed by atoms with E-state index in [1.807, 2.05) is 46.4 Å². The zero-order valence-electron chi connectivity index (χ0n) is 21.2. The molecule has 3 N–H and O–H groups in total. The zero-order valence-corrected chi connectivity index (χ0v) is 22.0. The predicted octanol–water partition coefficient (Wildman–Crippen LogP) is 3.80. The third-order valence-corrected chi connectivity index (χ3v) is 9.30. The van der Waals surface area contributed by atoms with Crippen LogP contribution < -0.4 is 5.32 Å². The first-order valence-corrected chi connectivity index (χ1v) is 13.0. The lowest BCUT2D eigenvalue weighted by Crippen LogP contribution is -2.57. The molecule has 1 saturated carbocycles. The van der Waals surface area contributed by atoms with Gasteiger partial charge in [-0.1, -0.05) is 34.6 Å². The van der Waals surface area contributed by atoms with Gasteiger partial charge in [-0.25, -0.2) is 4.98 Å². The number of fused-ring (bicyclic) bond motifs is 2. The van der Waals surface area contributed by atoms with Crippen molar-refractivity contribution in [1.82, 2.24) is 9.88 Å². The number of carbonyl (C=O) groups excluding carboxylic acids is 2. The lowest BCUT2D eigenvalue weighted by Gasteiger charge is -2.58. The predicted molar refractivity (Wildman–Crippen MR) is 131 cm³/mol. The molecule has 7 nitrogen and oxygen atoms in total. The SMILES string of the molecule is CCN(CC)C(=O)CC1c2nc(NC(=O)C(C)(C)C)sc2CC2C(C)(CO)C(O)CCC12C. The fourth-order valence-electron chi connectivity index (χ4n) is 5.86. The molecule has 0 aliphatic heterocycles. The third kappa shape index (κ3) is 4.58. The van der Waals surface area contributed by atoms with Gasteiger partial charge in [-0.2, -0.15) is 0 Å². The van der Waals surface area contributed by atoms with Crippen molar-refractivity contribution in [3.05, 3.63) is 10.6 Å². The molecule has 8 heteroatoms. The van der Waals surface area contributed by atoms with Crippen LogP contribution in [0.4, 0.5) is 5.13 Å². The van der Waals surface area contributed by atoms with Gasteiger partial charge in [0.05, 0.1) is 18.4 Å².